The number of hydrogen-bond acceptors (Lipinski definition) is 4. The van der Waals surface area contributed by atoms with Gasteiger partial charge in [0.25, 0.3) is 5.91 Å². The van der Waals surface area contributed by atoms with Crippen molar-refractivity contribution in [2.45, 2.75) is 12.5 Å². The van der Waals surface area contributed by atoms with E-state index in [1.54, 1.807) is 18.2 Å². The molecule has 0 aliphatic heterocycles. The maximum Gasteiger partial charge on any atom is 0.328 e. The Labute approximate surface area is 150 Å². The molecular formula is C20H17N3O3. The maximum absolute atomic E-state index is 12.5. The number of esters is 1. The minimum atomic E-state index is -0.841. The Morgan fingerprint density at radius 2 is 2.00 bits per heavy atom. The Morgan fingerprint density at radius 3 is 2.73 bits per heavy atom. The normalized spacial score (nSPS) is 11.5. The highest BCUT2D eigenvalue weighted by atomic mass is 16.5. The third-order valence-electron chi connectivity index (χ3n) is 4.05. The van der Waals surface area contributed by atoms with Gasteiger partial charge < -0.3 is 15.0 Å². The Kier molecular flexibility index (Phi) is 4.99. The fourth-order valence-electron chi connectivity index (χ4n) is 2.77. The molecule has 2 aromatic carbocycles. The van der Waals surface area contributed by atoms with Gasteiger partial charge >= 0.3 is 5.97 Å². The molecule has 0 fully saturated rings. The number of aromatic nitrogens is 1. The Balaban J connectivity index is 1.80. The number of carbonyl (C=O) groups excluding carboxylic acids is 2. The zero-order chi connectivity index (χ0) is 18.5. The number of rotatable bonds is 5. The second-order valence-corrected chi connectivity index (χ2v) is 5.83. The lowest BCUT2D eigenvalue weighted by atomic mass is 10.1. The molecule has 0 radical (unpaired) electrons. The summed E-state index contributed by atoms with van der Waals surface area (Å²) in [5, 5.41) is 12.7. The summed E-state index contributed by atoms with van der Waals surface area (Å²) in [6.07, 6.45) is 0.269. The summed E-state index contributed by atoms with van der Waals surface area (Å²) in [5.74, 6) is -0.970. The quantitative estimate of drug-likeness (QED) is 0.694. The molecular weight excluding hydrogens is 330 g/mol. The van der Waals surface area contributed by atoms with Crippen LogP contribution in [0.4, 0.5) is 0 Å². The summed E-state index contributed by atoms with van der Waals surface area (Å²) in [6.45, 7) is 0. The van der Waals surface area contributed by atoms with Crippen molar-refractivity contribution in [2.75, 3.05) is 7.11 Å². The predicted octanol–water partition coefficient (Wildman–Crippen LogP) is 2.55. The standard InChI is InChI=1S/C20H17N3O3/c1-26-20(25)18(11-16-10-14-6-2-3-8-17(14)22-16)23-19(24)15-7-4-5-13(9-15)12-21/h2-10,18,22H,11H2,1H3,(H,23,24)/t18-/m1/s1. The van der Waals surface area contributed by atoms with E-state index in [1.807, 2.05) is 36.4 Å². The van der Waals surface area contributed by atoms with Crippen LogP contribution in [0.15, 0.2) is 54.6 Å². The van der Waals surface area contributed by atoms with Crippen molar-refractivity contribution in [3.63, 3.8) is 0 Å². The maximum atomic E-state index is 12.5. The highest BCUT2D eigenvalue weighted by Gasteiger charge is 2.23. The summed E-state index contributed by atoms with van der Waals surface area (Å²) in [4.78, 5) is 27.8. The van der Waals surface area contributed by atoms with Crippen molar-refractivity contribution < 1.29 is 14.3 Å². The number of benzene rings is 2. The van der Waals surface area contributed by atoms with Gasteiger partial charge in [-0.05, 0) is 35.7 Å². The van der Waals surface area contributed by atoms with E-state index in [2.05, 4.69) is 10.3 Å². The minimum Gasteiger partial charge on any atom is -0.467 e. The highest BCUT2D eigenvalue weighted by Crippen LogP contribution is 2.16. The molecule has 3 rings (SSSR count). The molecule has 0 bridgehead atoms. The lowest BCUT2D eigenvalue weighted by molar-refractivity contribution is -0.142. The molecule has 130 valence electrons. The van der Waals surface area contributed by atoms with Crippen LogP contribution in [0.2, 0.25) is 0 Å². The SMILES string of the molecule is COC(=O)[C@@H](Cc1cc2ccccc2[nH]1)NC(=O)c1cccc(C#N)c1. The third kappa shape index (κ3) is 3.73. The van der Waals surface area contributed by atoms with Gasteiger partial charge in [0.15, 0.2) is 0 Å². The average Bonchev–Trinajstić information content (AvgIpc) is 3.09. The van der Waals surface area contributed by atoms with Crippen molar-refractivity contribution in [3.8, 4) is 6.07 Å². The van der Waals surface area contributed by atoms with E-state index >= 15 is 0 Å². The lowest BCUT2D eigenvalue weighted by Gasteiger charge is -2.16. The Morgan fingerprint density at radius 1 is 1.19 bits per heavy atom. The van der Waals surface area contributed by atoms with E-state index in [9.17, 15) is 9.59 Å². The Hall–Kier alpha value is -3.59. The van der Waals surface area contributed by atoms with E-state index in [1.165, 1.54) is 13.2 Å². The zero-order valence-electron chi connectivity index (χ0n) is 14.2. The number of nitriles is 1. The molecule has 3 aromatic rings. The van der Waals surface area contributed by atoms with E-state index in [0.717, 1.165) is 16.6 Å². The number of methoxy groups -OCH3 is 1. The fraction of sp³-hybridized carbons (Fsp3) is 0.150. The number of para-hydroxylation sites is 1. The van der Waals surface area contributed by atoms with Gasteiger partial charge in [-0.1, -0.05) is 24.3 Å². The molecule has 1 amide bonds. The molecule has 26 heavy (non-hydrogen) atoms. The molecule has 6 nitrogen and oxygen atoms in total. The van der Waals surface area contributed by atoms with Crippen molar-refractivity contribution in [3.05, 3.63) is 71.4 Å². The number of amides is 1. The van der Waals surface area contributed by atoms with Crippen LogP contribution >= 0.6 is 0 Å². The second kappa shape index (κ2) is 7.53. The molecule has 1 aromatic heterocycles. The van der Waals surface area contributed by atoms with Crippen LogP contribution in [-0.2, 0) is 16.0 Å². The summed E-state index contributed by atoms with van der Waals surface area (Å²) < 4.78 is 4.82. The monoisotopic (exact) mass is 347 g/mol. The number of aromatic amines is 1. The van der Waals surface area contributed by atoms with Crippen LogP contribution in [0.5, 0.6) is 0 Å². The van der Waals surface area contributed by atoms with Crippen LogP contribution in [0.3, 0.4) is 0 Å². The van der Waals surface area contributed by atoms with Crippen molar-refractivity contribution >= 4 is 22.8 Å². The van der Waals surface area contributed by atoms with Crippen LogP contribution in [-0.4, -0.2) is 30.0 Å². The first-order valence-corrected chi connectivity index (χ1v) is 8.06. The summed E-state index contributed by atoms with van der Waals surface area (Å²) >= 11 is 0. The topological polar surface area (TPSA) is 95.0 Å². The van der Waals surface area contributed by atoms with Crippen molar-refractivity contribution in [2.24, 2.45) is 0 Å². The van der Waals surface area contributed by atoms with E-state index < -0.39 is 17.9 Å². The molecule has 0 aliphatic carbocycles. The van der Waals surface area contributed by atoms with E-state index in [4.69, 9.17) is 10.00 Å². The highest BCUT2D eigenvalue weighted by molar-refractivity contribution is 5.97. The largest absolute Gasteiger partial charge is 0.467 e. The minimum absolute atomic E-state index is 0.269. The van der Waals surface area contributed by atoms with Crippen LogP contribution in [0.1, 0.15) is 21.6 Å². The van der Waals surface area contributed by atoms with Gasteiger partial charge in [-0.2, -0.15) is 5.26 Å². The van der Waals surface area contributed by atoms with Gasteiger partial charge in [-0.15, -0.1) is 0 Å². The van der Waals surface area contributed by atoms with E-state index in [0.29, 0.717) is 11.1 Å². The summed E-state index contributed by atoms with van der Waals surface area (Å²) in [7, 11) is 1.28. The van der Waals surface area contributed by atoms with Crippen LogP contribution in [0.25, 0.3) is 10.9 Å². The molecule has 0 unspecified atom stereocenters. The number of ether oxygens (including phenoxy) is 1. The van der Waals surface area contributed by atoms with Gasteiger partial charge in [-0.25, -0.2) is 4.79 Å². The lowest BCUT2D eigenvalue weighted by Crippen LogP contribution is -2.43. The number of H-pyrrole nitrogens is 1. The number of fused-ring (bicyclic) bond motifs is 1. The molecule has 6 heteroatoms. The fourth-order valence-corrected chi connectivity index (χ4v) is 2.77. The first-order chi connectivity index (χ1) is 12.6. The van der Waals surface area contributed by atoms with Crippen molar-refractivity contribution in [1.82, 2.24) is 10.3 Å². The first-order valence-electron chi connectivity index (χ1n) is 8.06. The molecule has 0 saturated carbocycles. The predicted molar refractivity (Wildman–Crippen MR) is 96.4 cm³/mol. The van der Waals surface area contributed by atoms with Gasteiger partial charge in [0.1, 0.15) is 6.04 Å². The molecule has 0 aliphatic rings. The molecule has 0 saturated heterocycles. The second-order valence-electron chi connectivity index (χ2n) is 5.83. The van der Waals surface area contributed by atoms with Crippen LogP contribution < -0.4 is 5.32 Å². The van der Waals surface area contributed by atoms with Gasteiger partial charge in [0.2, 0.25) is 0 Å². The third-order valence-corrected chi connectivity index (χ3v) is 4.05. The van der Waals surface area contributed by atoms with Crippen molar-refractivity contribution in [1.29, 1.82) is 5.26 Å². The number of carbonyl (C=O) groups is 2. The van der Waals surface area contributed by atoms with Gasteiger partial charge in [-0.3, -0.25) is 4.79 Å². The van der Waals surface area contributed by atoms with Gasteiger partial charge in [0, 0.05) is 23.2 Å². The molecule has 0 spiro atoms. The molecule has 1 atom stereocenters. The van der Waals surface area contributed by atoms with Gasteiger partial charge in [0.05, 0.1) is 18.7 Å². The number of nitrogens with one attached hydrogen (secondary N) is 2. The van der Waals surface area contributed by atoms with Crippen LogP contribution in [0, 0.1) is 11.3 Å². The summed E-state index contributed by atoms with van der Waals surface area (Å²) in [5.41, 5.74) is 2.46. The number of nitrogens with zero attached hydrogens (tertiary/aromatic N) is 1. The average molecular weight is 347 g/mol. The molecule has 2 N–H and O–H groups in total. The van der Waals surface area contributed by atoms with E-state index in [-0.39, 0.29) is 6.42 Å². The Bertz CT molecular complexity index is 968. The number of hydrogen-bond donors (Lipinski definition) is 2. The smallest absolute Gasteiger partial charge is 0.328 e. The molecule has 1 heterocycles. The zero-order valence-corrected chi connectivity index (χ0v) is 14.2. The first kappa shape index (κ1) is 17.2. The summed E-state index contributed by atoms with van der Waals surface area (Å²) in [6, 6.07) is 17.1.